The van der Waals surface area contributed by atoms with E-state index >= 15 is 0 Å². The summed E-state index contributed by atoms with van der Waals surface area (Å²) in [6.45, 7) is 0. The number of rotatable bonds is 2. The van der Waals surface area contributed by atoms with Crippen molar-refractivity contribution in [1.82, 2.24) is 0 Å². The maximum absolute atomic E-state index is 13.0. The van der Waals surface area contributed by atoms with Crippen LogP contribution in [0.5, 0.6) is 0 Å². The largest absolute Gasteiger partial charge is 0.550 e. The zero-order valence-corrected chi connectivity index (χ0v) is 7.60. The average Bonchev–Trinajstić information content (AvgIpc) is 1.98. The molecule has 0 saturated heterocycles. The minimum Gasteiger partial charge on any atom is -0.550 e. The van der Waals surface area contributed by atoms with Gasteiger partial charge in [-0.3, -0.25) is 0 Å². The summed E-state index contributed by atoms with van der Waals surface area (Å²) in [6.07, 6.45) is -0.398. The molecule has 0 aliphatic rings. The van der Waals surface area contributed by atoms with Crippen LogP contribution < -0.4 is 5.11 Å². The molecule has 0 aromatic heterocycles. The minimum atomic E-state index is -1.29. The van der Waals surface area contributed by atoms with Crippen LogP contribution in [0.25, 0.3) is 0 Å². The number of halogens is 2. The molecule has 4 heteroatoms. The van der Waals surface area contributed by atoms with Crippen molar-refractivity contribution in [1.29, 1.82) is 0 Å². The number of carboxylic acid groups (broad SMARTS) is 1. The van der Waals surface area contributed by atoms with Crippen molar-refractivity contribution in [2.45, 2.75) is 6.42 Å². The molecule has 0 heterocycles. The lowest BCUT2D eigenvalue weighted by atomic mass is 10.1. The monoisotopic (exact) mass is 231 g/mol. The van der Waals surface area contributed by atoms with Crippen LogP contribution in [0.4, 0.5) is 4.39 Å². The number of carboxylic acids is 1. The molecule has 0 spiro atoms. The highest BCUT2D eigenvalue weighted by Crippen LogP contribution is 2.18. The van der Waals surface area contributed by atoms with Gasteiger partial charge in [-0.2, -0.15) is 0 Å². The normalized spacial score (nSPS) is 9.83. The predicted molar refractivity (Wildman–Crippen MR) is 42.8 cm³/mol. The molecule has 64 valence electrons. The first-order valence-electron chi connectivity index (χ1n) is 3.24. The number of hydrogen-bond acceptors (Lipinski definition) is 2. The molecule has 0 fully saturated rings. The van der Waals surface area contributed by atoms with Crippen LogP contribution in [0.3, 0.4) is 0 Å². The minimum absolute atomic E-state index is 0.129. The van der Waals surface area contributed by atoms with Gasteiger partial charge in [0.25, 0.3) is 0 Å². The Labute approximate surface area is 77.2 Å². The smallest absolute Gasteiger partial charge is 0.140 e. The molecule has 0 aliphatic carbocycles. The maximum Gasteiger partial charge on any atom is 0.140 e. The second-order valence-corrected chi connectivity index (χ2v) is 3.12. The molecule has 0 bridgehead atoms. The molecule has 0 saturated carbocycles. The van der Waals surface area contributed by atoms with Crippen molar-refractivity contribution in [3.05, 3.63) is 34.1 Å². The SMILES string of the molecule is O=C([O-])Cc1cccc(Br)c1F. The van der Waals surface area contributed by atoms with E-state index in [-0.39, 0.29) is 10.0 Å². The van der Waals surface area contributed by atoms with Gasteiger partial charge in [0.1, 0.15) is 5.82 Å². The first kappa shape index (κ1) is 9.19. The molecular formula is C8H5BrFO2-. The van der Waals surface area contributed by atoms with Crippen molar-refractivity contribution in [2.24, 2.45) is 0 Å². The zero-order chi connectivity index (χ0) is 9.14. The molecule has 0 atom stereocenters. The quantitative estimate of drug-likeness (QED) is 0.759. The van der Waals surface area contributed by atoms with Gasteiger partial charge in [0, 0.05) is 12.4 Å². The molecule has 0 radical (unpaired) electrons. The summed E-state index contributed by atoms with van der Waals surface area (Å²) in [5.74, 6) is -1.83. The summed E-state index contributed by atoms with van der Waals surface area (Å²) < 4.78 is 13.3. The van der Waals surface area contributed by atoms with E-state index in [1.807, 2.05) is 0 Å². The molecule has 0 aliphatic heterocycles. The molecule has 0 N–H and O–H groups in total. The summed E-state index contributed by atoms with van der Waals surface area (Å²) in [5, 5.41) is 10.1. The van der Waals surface area contributed by atoms with Crippen LogP contribution in [0, 0.1) is 5.82 Å². The Morgan fingerprint density at radius 1 is 1.58 bits per heavy atom. The number of benzene rings is 1. The van der Waals surface area contributed by atoms with E-state index in [2.05, 4.69) is 15.9 Å². The molecule has 1 rings (SSSR count). The third-order valence-corrected chi connectivity index (χ3v) is 1.98. The molecule has 2 nitrogen and oxygen atoms in total. The fourth-order valence-electron chi connectivity index (χ4n) is 0.840. The van der Waals surface area contributed by atoms with Gasteiger partial charge >= 0.3 is 0 Å². The first-order valence-corrected chi connectivity index (χ1v) is 4.03. The standard InChI is InChI=1S/C8H6BrFO2/c9-6-3-1-2-5(8(6)10)4-7(11)12/h1-3H,4H2,(H,11,12)/p-1. The Morgan fingerprint density at radius 2 is 2.25 bits per heavy atom. The molecule has 0 unspecified atom stereocenters. The molecule has 1 aromatic rings. The summed E-state index contributed by atoms with van der Waals surface area (Å²) in [7, 11) is 0. The van der Waals surface area contributed by atoms with Gasteiger partial charge in [0.2, 0.25) is 0 Å². The number of hydrogen-bond donors (Lipinski definition) is 0. The van der Waals surface area contributed by atoms with Crippen LogP contribution in [-0.2, 0) is 11.2 Å². The van der Waals surface area contributed by atoms with E-state index in [1.54, 1.807) is 6.07 Å². The van der Waals surface area contributed by atoms with Crippen LogP contribution in [0.15, 0.2) is 22.7 Å². The van der Waals surface area contributed by atoms with Crippen molar-refractivity contribution >= 4 is 21.9 Å². The first-order chi connectivity index (χ1) is 5.61. The Kier molecular flexibility index (Phi) is 2.81. The second kappa shape index (κ2) is 3.67. The topological polar surface area (TPSA) is 40.1 Å². The third kappa shape index (κ3) is 2.04. The summed E-state index contributed by atoms with van der Waals surface area (Å²) in [4.78, 5) is 10.1. The van der Waals surface area contributed by atoms with Gasteiger partial charge in [-0.15, -0.1) is 0 Å². The highest BCUT2D eigenvalue weighted by atomic mass is 79.9. The van der Waals surface area contributed by atoms with E-state index in [1.165, 1.54) is 12.1 Å². The second-order valence-electron chi connectivity index (χ2n) is 2.26. The molecular weight excluding hydrogens is 227 g/mol. The van der Waals surface area contributed by atoms with E-state index in [0.29, 0.717) is 0 Å². The number of aliphatic carboxylic acids is 1. The Hall–Kier alpha value is -0.900. The van der Waals surface area contributed by atoms with Crippen molar-refractivity contribution in [2.75, 3.05) is 0 Å². The summed E-state index contributed by atoms with van der Waals surface area (Å²) in [5.41, 5.74) is 0.129. The van der Waals surface area contributed by atoms with Gasteiger partial charge in [-0.05, 0) is 27.6 Å². The van der Waals surface area contributed by atoms with Gasteiger partial charge < -0.3 is 9.90 Å². The number of carbonyl (C=O) groups is 1. The van der Waals surface area contributed by atoms with Gasteiger partial charge in [-0.1, -0.05) is 12.1 Å². The van der Waals surface area contributed by atoms with Gasteiger partial charge in [0.15, 0.2) is 0 Å². The van der Waals surface area contributed by atoms with Crippen LogP contribution in [-0.4, -0.2) is 5.97 Å². The lowest BCUT2D eigenvalue weighted by Crippen LogP contribution is -2.24. The third-order valence-electron chi connectivity index (χ3n) is 1.37. The molecule has 1 aromatic carbocycles. The fraction of sp³-hybridized carbons (Fsp3) is 0.125. The Bertz CT molecular complexity index is 312. The average molecular weight is 232 g/mol. The van der Waals surface area contributed by atoms with E-state index in [4.69, 9.17) is 0 Å². The molecule has 0 amide bonds. The van der Waals surface area contributed by atoms with Gasteiger partial charge in [0.05, 0.1) is 4.47 Å². The van der Waals surface area contributed by atoms with Crippen LogP contribution in [0.1, 0.15) is 5.56 Å². The van der Waals surface area contributed by atoms with E-state index in [9.17, 15) is 14.3 Å². The Morgan fingerprint density at radius 3 is 2.83 bits per heavy atom. The lowest BCUT2D eigenvalue weighted by Gasteiger charge is -2.04. The number of carbonyl (C=O) groups excluding carboxylic acids is 1. The van der Waals surface area contributed by atoms with E-state index < -0.39 is 18.2 Å². The highest BCUT2D eigenvalue weighted by molar-refractivity contribution is 9.10. The van der Waals surface area contributed by atoms with Crippen molar-refractivity contribution in [3.8, 4) is 0 Å². The van der Waals surface area contributed by atoms with Crippen molar-refractivity contribution < 1.29 is 14.3 Å². The summed E-state index contributed by atoms with van der Waals surface area (Å²) in [6, 6.07) is 4.50. The van der Waals surface area contributed by atoms with E-state index in [0.717, 1.165) is 0 Å². The Balaban J connectivity index is 3.00. The highest BCUT2D eigenvalue weighted by Gasteiger charge is 2.04. The molecule has 12 heavy (non-hydrogen) atoms. The lowest BCUT2D eigenvalue weighted by molar-refractivity contribution is -0.304. The summed E-state index contributed by atoms with van der Waals surface area (Å²) >= 11 is 2.95. The maximum atomic E-state index is 13.0. The predicted octanol–water partition coefficient (Wildman–Crippen LogP) is 0.881. The van der Waals surface area contributed by atoms with Crippen LogP contribution in [0.2, 0.25) is 0 Å². The fourth-order valence-corrected chi connectivity index (χ4v) is 1.25. The van der Waals surface area contributed by atoms with Gasteiger partial charge in [-0.25, -0.2) is 4.39 Å². The van der Waals surface area contributed by atoms with Crippen molar-refractivity contribution in [3.63, 3.8) is 0 Å². The zero-order valence-electron chi connectivity index (χ0n) is 6.01. The van der Waals surface area contributed by atoms with Crippen LogP contribution >= 0.6 is 15.9 Å².